The van der Waals surface area contributed by atoms with Gasteiger partial charge in [-0.1, -0.05) is 31.4 Å². The fraction of sp³-hybridized carbons (Fsp3) is 0.400. The van der Waals surface area contributed by atoms with E-state index in [4.69, 9.17) is 16.6 Å². The van der Waals surface area contributed by atoms with E-state index in [2.05, 4.69) is 20.6 Å². The van der Waals surface area contributed by atoms with Gasteiger partial charge in [0, 0.05) is 6.04 Å². The van der Waals surface area contributed by atoms with Gasteiger partial charge in [0.05, 0.1) is 23.4 Å². The Balaban J connectivity index is 1.55. The molecule has 3 N–H and O–H groups in total. The van der Waals surface area contributed by atoms with Crippen molar-refractivity contribution in [1.29, 1.82) is 0 Å². The van der Waals surface area contributed by atoms with Crippen molar-refractivity contribution >= 4 is 33.1 Å². The number of sulfonamides is 1. The molecule has 0 radical (unpaired) electrons. The number of rotatable bonds is 7. The highest BCUT2D eigenvalue weighted by Crippen LogP contribution is 2.17. The van der Waals surface area contributed by atoms with Gasteiger partial charge in [0.15, 0.2) is 5.11 Å². The number of hydrogen-bond acceptors (Lipinski definition) is 5. The van der Waals surface area contributed by atoms with Crippen molar-refractivity contribution in [3.8, 4) is 0 Å². The summed E-state index contributed by atoms with van der Waals surface area (Å²) in [4.78, 5) is 0.183. The first kappa shape index (κ1) is 21.5. The zero-order chi connectivity index (χ0) is 20.7. The first-order chi connectivity index (χ1) is 13.9. The molecular formula is C20H26N4O3S2. The predicted octanol–water partition coefficient (Wildman–Crippen LogP) is 3.28. The Morgan fingerprint density at radius 3 is 2.55 bits per heavy atom. The number of hydrogen-bond donors (Lipinski definition) is 3. The Morgan fingerprint density at radius 1 is 1.17 bits per heavy atom. The second-order valence-electron chi connectivity index (χ2n) is 7.05. The molecule has 0 saturated heterocycles. The van der Waals surface area contributed by atoms with Crippen molar-refractivity contribution in [3.05, 3.63) is 54.0 Å². The summed E-state index contributed by atoms with van der Waals surface area (Å²) < 4.78 is 32.4. The van der Waals surface area contributed by atoms with E-state index in [-0.39, 0.29) is 11.4 Å². The summed E-state index contributed by atoms with van der Waals surface area (Å²) in [6.07, 6.45) is 7.52. The van der Waals surface area contributed by atoms with Gasteiger partial charge >= 0.3 is 0 Å². The lowest BCUT2D eigenvalue weighted by molar-refractivity contribution is 0.412. The van der Waals surface area contributed by atoms with E-state index >= 15 is 0 Å². The molecular weight excluding hydrogens is 408 g/mol. The van der Waals surface area contributed by atoms with Gasteiger partial charge < -0.3 is 9.73 Å². The van der Waals surface area contributed by atoms with Crippen LogP contribution >= 0.6 is 12.2 Å². The number of hydrazone groups is 1. The van der Waals surface area contributed by atoms with E-state index in [0.717, 1.165) is 18.4 Å². The molecule has 0 unspecified atom stereocenters. The molecule has 1 aliphatic carbocycles. The van der Waals surface area contributed by atoms with Crippen LogP contribution in [0, 0.1) is 0 Å². The largest absolute Gasteiger partial charge is 0.468 e. The Bertz CT molecular complexity index is 933. The van der Waals surface area contributed by atoms with Crippen LogP contribution < -0.4 is 15.5 Å². The number of benzene rings is 1. The quantitative estimate of drug-likeness (QED) is 0.352. The van der Waals surface area contributed by atoms with E-state index < -0.39 is 10.0 Å². The zero-order valence-electron chi connectivity index (χ0n) is 16.3. The number of nitrogens with zero attached hydrogens (tertiary/aromatic N) is 1. The van der Waals surface area contributed by atoms with Crippen LogP contribution in [-0.2, 0) is 16.6 Å². The van der Waals surface area contributed by atoms with Crippen molar-refractivity contribution < 1.29 is 12.8 Å². The summed E-state index contributed by atoms with van der Waals surface area (Å²) in [5.74, 6) is 0.553. The molecule has 9 heteroatoms. The molecule has 0 aliphatic heterocycles. The Hall–Kier alpha value is -2.23. The molecule has 156 valence electrons. The van der Waals surface area contributed by atoms with Gasteiger partial charge in [-0.3, -0.25) is 5.43 Å². The third-order valence-corrected chi connectivity index (χ3v) is 6.49. The standard InChI is InChI=1S/C20H26N4O3S2/c1-15(23-24-20(28)22-17-6-3-2-4-7-17)16-9-11-19(12-10-16)29(25,26)21-14-18-8-5-13-27-18/h5,8-13,17,21H,2-4,6-7,14H2,1H3,(H2,22,24,28). The molecule has 1 aliphatic rings. The first-order valence-electron chi connectivity index (χ1n) is 9.67. The summed E-state index contributed by atoms with van der Waals surface area (Å²) in [5, 5.41) is 8.12. The van der Waals surface area contributed by atoms with Crippen LogP contribution in [0.25, 0.3) is 0 Å². The molecule has 3 rings (SSSR count). The van der Waals surface area contributed by atoms with Crippen LogP contribution in [0.5, 0.6) is 0 Å². The first-order valence-corrected chi connectivity index (χ1v) is 11.6. The van der Waals surface area contributed by atoms with Crippen LogP contribution in [0.1, 0.15) is 50.4 Å². The van der Waals surface area contributed by atoms with Gasteiger partial charge in [-0.15, -0.1) is 0 Å². The molecule has 0 spiro atoms. The lowest BCUT2D eigenvalue weighted by Crippen LogP contribution is -2.41. The molecule has 29 heavy (non-hydrogen) atoms. The zero-order valence-corrected chi connectivity index (χ0v) is 18.0. The van der Waals surface area contributed by atoms with E-state index in [1.807, 2.05) is 6.92 Å². The van der Waals surface area contributed by atoms with Crippen molar-refractivity contribution in [2.24, 2.45) is 5.10 Å². The van der Waals surface area contributed by atoms with Crippen LogP contribution in [0.2, 0.25) is 0 Å². The molecule has 1 aromatic carbocycles. The fourth-order valence-corrected chi connectivity index (χ4v) is 4.41. The molecule has 2 aromatic rings. The van der Waals surface area contributed by atoms with Crippen LogP contribution in [-0.4, -0.2) is 25.3 Å². The van der Waals surface area contributed by atoms with E-state index in [0.29, 0.717) is 22.6 Å². The van der Waals surface area contributed by atoms with Gasteiger partial charge in [-0.25, -0.2) is 13.1 Å². The number of thiocarbonyl (C=S) groups is 1. The Labute approximate surface area is 177 Å². The molecule has 1 fully saturated rings. The minimum atomic E-state index is -3.62. The summed E-state index contributed by atoms with van der Waals surface area (Å²) in [6.45, 7) is 1.95. The maximum atomic E-state index is 12.4. The minimum absolute atomic E-state index is 0.104. The van der Waals surface area contributed by atoms with Crippen LogP contribution in [0.15, 0.2) is 57.1 Å². The van der Waals surface area contributed by atoms with Crippen molar-refractivity contribution in [1.82, 2.24) is 15.5 Å². The van der Waals surface area contributed by atoms with Gasteiger partial charge in [-0.05, 0) is 61.8 Å². The molecule has 1 saturated carbocycles. The summed E-state index contributed by atoms with van der Waals surface area (Å²) in [5.41, 5.74) is 4.40. The molecule has 7 nitrogen and oxygen atoms in total. The molecule has 0 amide bonds. The van der Waals surface area contributed by atoms with Crippen LogP contribution in [0.4, 0.5) is 0 Å². The van der Waals surface area contributed by atoms with Gasteiger partial charge in [0.25, 0.3) is 0 Å². The normalized spacial score (nSPS) is 15.8. The molecule has 0 bridgehead atoms. The van der Waals surface area contributed by atoms with Crippen molar-refractivity contribution in [2.75, 3.05) is 0 Å². The van der Waals surface area contributed by atoms with E-state index in [9.17, 15) is 8.42 Å². The molecule has 0 atom stereocenters. The molecule has 1 heterocycles. The average Bonchev–Trinajstić information content (AvgIpc) is 3.25. The topological polar surface area (TPSA) is 95.7 Å². The highest BCUT2D eigenvalue weighted by Gasteiger charge is 2.15. The second-order valence-corrected chi connectivity index (χ2v) is 9.22. The second kappa shape index (κ2) is 10.00. The minimum Gasteiger partial charge on any atom is -0.468 e. The Kier molecular flexibility index (Phi) is 7.40. The van der Waals surface area contributed by atoms with E-state index in [1.165, 1.54) is 25.5 Å². The van der Waals surface area contributed by atoms with Crippen LogP contribution in [0.3, 0.4) is 0 Å². The fourth-order valence-electron chi connectivity index (χ4n) is 3.20. The number of nitrogens with one attached hydrogen (secondary N) is 3. The summed E-state index contributed by atoms with van der Waals surface area (Å²) in [7, 11) is -3.62. The highest BCUT2D eigenvalue weighted by molar-refractivity contribution is 7.89. The van der Waals surface area contributed by atoms with E-state index in [1.54, 1.807) is 36.4 Å². The summed E-state index contributed by atoms with van der Waals surface area (Å²) in [6, 6.07) is 10.4. The SMILES string of the molecule is CC(=NNC(=S)NC1CCCCC1)c1ccc(S(=O)(=O)NCc2ccco2)cc1. The van der Waals surface area contributed by atoms with Gasteiger partial charge in [0.1, 0.15) is 5.76 Å². The lowest BCUT2D eigenvalue weighted by Gasteiger charge is -2.23. The average molecular weight is 435 g/mol. The van der Waals surface area contributed by atoms with Crippen molar-refractivity contribution in [3.63, 3.8) is 0 Å². The van der Waals surface area contributed by atoms with Crippen molar-refractivity contribution in [2.45, 2.75) is 56.5 Å². The lowest BCUT2D eigenvalue weighted by atomic mass is 9.96. The maximum Gasteiger partial charge on any atom is 0.240 e. The predicted molar refractivity (Wildman–Crippen MR) is 117 cm³/mol. The Morgan fingerprint density at radius 2 is 1.90 bits per heavy atom. The molecule has 1 aromatic heterocycles. The highest BCUT2D eigenvalue weighted by atomic mass is 32.2. The van der Waals surface area contributed by atoms with Gasteiger partial charge in [-0.2, -0.15) is 5.10 Å². The van der Waals surface area contributed by atoms with Gasteiger partial charge in [0.2, 0.25) is 10.0 Å². The third kappa shape index (κ3) is 6.38. The third-order valence-electron chi connectivity index (χ3n) is 4.86. The summed E-state index contributed by atoms with van der Waals surface area (Å²) >= 11 is 5.31. The number of furan rings is 1. The monoisotopic (exact) mass is 434 g/mol. The maximum absolute atomic E-state index is 12.4. The smallest absolute Gasteiger partial charge is 0.240 e.